The minimum atomic E-state index is 0.798. The third-order valence-electron chi connectivity index (χ3n) is 3.16. The van der Waals surface area contributed by atoms with E-state index >= 15 is 0 Å². The van der Waals surface area contributed by atoms with Crippen LogP contribution in [-0.4, -0.2) is 35.2 Å². The molecule has 1 aromatic heterocycles. The number of nitrogens with one attached hydrogen (secondary N) is 1. The molecule has 0 aliphatic heterocycles. The van der Waals surface area contributed by atoms with Gasteiger partial charge in [-0.05, 0) is 12.5 Å². The highest BCUT2D eigenvalue weighted by atomic mass is 32.1. The van der Waals surface area contributed by atoms with Crippen LogP contribution in [0.1, 0.15) is 38.6 Å². The molecule has 0 aliphatic carbocycles. The van der Waals surface area contributed by atoms with E-state index < -0.39 is 0 Å². The highest BCUT2D eigenvalue weighted by Crippen LogP contribution is 2.17. The van der Waals surface area contributed by atoms with Gasteiger partial charge in [0.25, 0.3) is 0 Å². The zero-order valence-electron chi connectivity index (χ0n) is 11.4. The summed E-state index contributed by atoms with van der Waals surface area (Å²) in [4.78, 5) is 2.46. The van der Waals surface area contributed by atoms with Crippen molar-refractivity contribution in [3.8, 4) is 0 Å². The molecular weight excluding hydrogens is 232 g/mol. The van der Waals surface area contributed by atoms with E-state index in [0.717, 1.165) is 35.7 Å². The molecule has 1 heterocycles. The molecule has 0 atom stereocenters. The minimum Gasteiger partial charge on any atom is -0.363 e. The van der Waals surface area contributed by atoms with Gasteiger partial charge in [0, 0.05) is 13.6 Å². The number of hydrogen-bond donors (Lipinski definition) is 1. The Kier molecular flexibility index (Phi) is 6.44. The van der Waals surface area contributed by atoms with Crippen LogP contribution in [-0.2, 0) is 6.54 Å². The predicted octanol–water partition coefficient (Wildman–Crippen LogP) is 2.84. The zero-order chi connectivity index (χ0) is 12.7. The highest BCUT2D eigenvalue weighted by molar-refractivity contribution is 7.15. The molecule has 0 amide bonds. The molecule has 0 unspecified atom stereocenters. The Morgan fingerprint density at radius 3 is 2.41 bits per heavy atom. The number of hydrogen-bond acceptors (Lipinski definition) is 5. The van der Waals surface area contributed by atoms with E-state index in [4.69, 9.17) is 0 Å². The fraction of sp³-hybridized carbons (Fsp3) is 0.833. The van der Waals surface area contributed by atoms with Gasteiger partial charge in [-0.3, -0.25) is 4.90 Å². The van der Waals surface area contributed by atoms with Crippen LogP contribution >= 0.6 is 11.3 Å². The summed E-state index contributed by atoms with van der Waals surface area (Å²) in [6, 6.07) is 0. The van der Waals surface area contributed by atoms with Crippen LogP contribution < -0.4 is 5.32 Å². The topological polar surface area (TPSA) is 41.1 Å². The van der Waals surface area contributed by atoms with Gasteiger partial charge in [0.2, 0.25) is 5.13 Å². The number of aromatic nitrogens is 2. The lowest BCUT2D eigenvalue weighted by molar-refractivity contribution is 0.225. The second-order valence-corrected chi connectivity index (χ2v) is 5.32. The molecule has 0 aromatic carbocycles. The van der Waals surface area contributed by atoms with E-state index in [1.165, 1.54) is 12.8 Å². The minimum absolute atomic E-state index is 0.798. The Morgan fingerprint density at radius 1 is 1.24 bits per heavy atom. The van der Waals surface area contributed by atoms with Crippen LogP contribution in [0.15, 0.2) is 0 Å². The fourth-order valence-corrected chi connectivity index (χ4v) is 2.56. The lowest BCUT2D eigenvalue weighted by Crippen LogP contribution is -2.28. The van der Waals surface area contributed by atoms with Gasteiger partial charge < -0.3 is 5.32 Å². The van der Waals surface area contributed by atoms with Gasteiger partial charge in [-0.1, -0.05) is 44.9 Å². The van der Waals surface area contributed by atoms with Gasteiger partial charge in [0.15, 0.2) is 0 Å². The lowest BCUT2D eigenvalue weighted by atomic mass is 10.0. The lowest BCUT2D eigenvalue weighted by Gasteiger charge is -2.23. The van der Waals surface area contributed by atoms with Crippen LogP contribution in [0, 0.1) is 5.92 Å². The van der Waals surface area contributed by atoms with Gasteiger partial charge in [0.05, 0.1) is 6.54 Å². The van der Waals surface area contributed by atoms with Crippen molar-refractivity contribution >= 4 is 16.5 Å². The van der Waals surface area contributed by atoms with Crippen LogP contribution in [0.4, 0.5) is 5.13 Å². The van der Waals surface area contributed by atoms with Gasteiger partial charge in [-0.15, -0.1) is 10.2 Å². The third-order valence-corrected chi connectivity index (χ3v) is 4.08. The molecule has 17 heavy (non-hydrogen) atoms. The largest absolute Gasteiger partial charge is 0.363 e. The average Bonchev–Trinajstić information content (AvgIpc) is 2.82. The molecule has 5 heteroatoms. The second-order valence-electron chi connectivity index (χ2n) is 4.26. The first-order valence-electron chi connectivity index (χ1n) is 6.45. The maximum absolute atomic E-state index is 4.20. The average molecular weight is 256 g/mol. The smallest absolute Gasteiger partial charge is 0.205 e. The van der Waals surface area contributed by atoms with Gasteiger partial charge in [0.1, 0.15) is 5.01 Å². The number of anilines is 1. The monoisotopic (exact) mass is 256 g/mol. The van der Waals surface area contributed by atoms with E-state index in [2.05, 4.69) is 41.2 Å². The van der Waals surface area contributed by atoms with E-state index in [-0.39, 0.29) is 0 Å². The Morgan fingerprint density at radius 2 is 1.94 bits per heavy atom. The SMILES string of the molecule is CCC(CC)CN(CC)Cc1nnc(NC)s1. The Hall–Kier alpha value is -0.680. The van der Waals surface area contributed by atoms with E-state index in [0.29, 0.717) is 0 Å². The Labute approximate surface area is 108 Å². The normalized spacial score (nSPS) is 11.4. The van der Waals surface area contributed by atoms with E-state index in [1.807, 2.05) is 7.05 Å². The summed E-state index contributed by atoms with van der Waals surface area (Å²) in [5.41, 5.74) is 0. The second kappa shape index (κ2) is 7.61. The zero-order valence-corrected chi connectivity index (χ0v) is 12.2. The number of rotatable bonds is 8. The summed E-state index contributed by atoms with van der Waals surface area (Å²) in [6.45, 7) is 9.91. The van der Waals surface area contributed by atoms with Crippen molar-refractivity contribution in [1.29, 1.82) is 0 Å². The number of nitrogens with zero attached hydrogens (tertiary/aromatic N) is 3. The Bertz CT molecular complexity index is 309. The highest BCUT2D eigenvalue weighted by Gasteiger charge is 2.12. The van der Waals surface area contributed by atoms with Crippen molar-refractivity contribution in [2.45, 2.75) is 40.2 Å². The first kappa shape index (κ1) is 14.4. The molecule has 0 spiro atoms. The molecule has 0 saturated heterocycles. The van der Waals surface area contributed by atoms with E-state index in [9.17, 15) is 0 Å². The molecular formula is C12H24N4S. The fourth-order valence-electron chi connectivity index (χ4n) is 1.83. The third kappa shape index (κ3) is 4.60. The van der Waals surface area contributed by atoms with Crippen molar-refractivity contribution < 1.29 is 0 Å². The molecule has 0 radical (unpaired) electrons. The molecule has 0 fully saturated rings. The van der Waals surface area contributed by atoms with Gasteiger partial charge in [-0.25, -0.2) is 0 Å². The van der Waals surface area contributed by atoms with Crippen LogP contribution in [0.2, 0.25) is 0 Å². The van der Waals surface area contributed by atoms with Crippen molar-refractivity contribution in [3.05, 3.63) is 5.01 Å². The summed E-state index contributed by atoms with van der Waals surface area (Å²) in [7, 11) is 1.88. The molecule has 98 valence electrons. The molecule has 0 aliphatic rings. The summed E-state index contributed by atoms with van der Waals surface area (Å²) in [5, 5.41) is 13.3. The molecule has 4 nitrogen and oxygen atoms in total. The first-order chi connectivity index (χ1) is 8.23. The first-order valence-corrected chi connectivity index (χ1v) is 7.27. The summed E-state index contributed by atoms with van der Waals surface area (Å²) in [6.07, 6.45) is 2.51. The molecule has 1 rings (SSSR count). The van der Waals surface area contributed by atoms with Crippen molar-refractivity contribution in [3.63, 3.8) is 0 Å². The predicted molar refractivity (Wildman–Crippen MR) is 74.5 cm³/mol. The quantitative estimate of drug-likeness (QED) is 0.776. The van der Waals surface area contributed by atoms with Crippen LogP contribution in [0.5, 0.6) is 0 Å². The summed E-state index contributed by atoms with van der Waals surface area (Å²) < 4.78 is 0. The maximum Gasteiger partial charge on any atom is 0.205 e. The van der Waals surface area contributed by atoms with Crippen molar-refractivity contribution in [1.82, 2.24) is 15.1 Å². The molecule has 1 aromatic rings. The standard InChI is InChI=1S/C12H24N4S/c1-5-10(6-2)8-16(7-3)9-11-14-15-12(13-4)17-11/h10H,5-9H2,1-4H3,(H,13,15). The van der Waals surface area contributed by atoms with Crippen molar-refractivity contribution in [2.24, 2.45) is 5.92 Å². The van der Waals surface area contributed by atoms with Gasteiger partial charge >= 0.3 is 0 Å². The summed E-state index contributed by atoms with van der Waals surface area (Å²) in [5.74, 6) is 0.798. The van der Waals surface area contributed by atoms with Crippen LogP contribution in [0.25, 0.3) is 0 Å². The van der Waals surface area contributed by atoms with E-state index in [1.54, 1.807) is 11.3 Å². The Balaban J connectivity index is 2.50. The summed E-state index contributed by atoms with van der Waals surface area (Å²) >= 11 is 1.64. The molecule has 0 saturated carbocycles. The van der Waals surface area contributed by atoms with Crippen LogP contribution in [0.3, 0.4) is 0 Å². The van der Waals surface area contributed by atoms with Gasteiger partial charge in [-0.2, -0.15) is 0 Å². The maximum atomic E-state index is 4.20. The molecule has 1 N–H and O–H groups in total. The molecule has 0 bridgehead atoms. The van der Waals surface area contributed by atoms with Crippen molar-refractivity contribution in [2.75, 3.05) is 25.5 Å².